The molecule has 0 rings (SSSR count). The first-order valence-corrected chi connectivity index (χ1v) is 9.88. The highest BCUT2D eigenvalue weighted by Gasteiger charge is 1.94. The van der Waals surface area contributed by atoms with Crippen LogP contribution in [0.5, 0.6) is 0 Å². The van der Waals surface area contributed by atoms with Gasteiger partial charge in [-0.15, -0.1) is 0 Å². The van der Waals surface area contributed by atoms with Crippen LogP contribution in [0.15, 0.2) is 60.8 Å². The van der Waals surface area contributed by atoms with E-state index in [1.807, 2.05) is 30.4 Å². The normalized spacial score (nSPS) is 15.5. The predicted molar refractivity (Wildman–Crippen MR) is 111 cm³/mol. The Kier molecular flexibility index (Phi) is 17.9. The molecule has 0 amide bonds. The first kappa shape index (κ1) is 23.6. The van der Waals surface area contributed by atoms with Crippen molar-refractivity contribution in [3.05, 3.63) is 60.8 Å². The Balaban J connectivity index is 3.77. The lowest BCUT2D eigenvalue weighted by atomic mass is 10.1. The minimum Gasteiger partial charge on any atom is -0.389 e. The second-order valence-electron chi connectivity index (χ2n) is 6.31. The first-order valence-electron chi connectivity index (χ1n) is 9.88. The lowest BCUT2D eigenvalue weighted by Crippen LogP contribution is -1.99. The second-order valence-corrected chi connectivity index (χ2v) is 6.31. The van der Waals surface area contributed by atoms with Crippen LogP contribution in [0.4, 0.5) is 0 Å². The summed E-state index contributed by atoms with van der Waals surface area (Å²) < 4.78 is 0. The highest BCUT2D eigenvalue weighted by Crippen LogP contribution is 2.06. The average Bonchev–Trinajstić information content (AvgIpc) is 2.60. The number of rotatable bonds is 15. The Hall–Kier alpha value is -1.38. The van der Waals surface area contributed by atoms with Gasteiger partial charge in [-0.2, -0.15) is 0 Å². The molecule has 0 radical (unpaired) electrons. The van der Waals surface area contributed by atoms with Gasteiger partial charge in [0.25, 0.3) is 0 Å². The Morgan fingerprint density at radius 2 is 1.20 bits per heavy atom. The van der Waals surface area contributed by atoms with E-state index < -0.39 is 12.2 Å². The molecule has 0 aromatic rings. The molecule has 0 aromatic carbocycles. The van der Waals surface area contributed by atoms with Crippen LogP contribution in [-0.2, 0) is 0 Å². The van der Waals surface area contributed by atoms with Gasteiger partial charge in [-0.25, -0.2) is 0 Å². The maximum Gasteiger partial charge on any atom is 0.0758 e. The Bertz CT molecular complexity index is 416. The van der Waals surface area contributed by atoms with Gasteiger partial charge in [0.1, 0.15) is 0 Å². The third kappa shape index (κ3) is 18.8. The molecular weight excluding hydrogens is 308 g/mol. The fourth-order valence-electron chi connectivity index (χ4n) is 2.29. The molecule has 0 saturated carbocycles. The number of aliphatic hydroxyl groups excluding tert-OH is 2. The van der Waals surface area contributed by atoms with Gasteiger partial charge >= 0.3 is 0 Å². The largest absolute Gasteiger partial charge is 0.389 e. The Morgan fingerprint density at radius 1 is 0.640 bits per heavy atom. The lowest BCUT2D eigenvalue weighted by Gasteiger charge is -2.00. The van der Waals surface area contributed by atoms with E-state index >= 15 is 0 Å². The molecule has 0 unspecified atom stereocenters. The molecular formula is C23H38O2. The summed E-state index contributed by atoms with van der Waals surface area (Å²) in [6, 6.07) is 0. The van der Waals surface area contributed by atoms with Crippen molar-refractivity contribution in [1.29, 1.82) is 0 Å². The molecule has 0 aliphatic heterocycles. The van der Waals surface area contributed by atoms with E-state index in [-0.39, 0.29) is 0 Å². The summed E-state index contributed by atoms with van der Waals surface area (Å²) in [5, 5.41) is 19.5. The fraction of sp³-hybridized carbons (Fsp3) is 0.565. The number of unbranched alkanes of at least 4 members (excludes halogenated alkanes) is 5. The highest BCUT2D eigenvalue weighted by molar-refractivity contribution is 5.13. The zero-order valence-corrected chi connectivity index (χ0v) is 16.2. The van der Waals surface area contributed by atoms with Crippen molar-refractivity contribution in [2.75, 3.05) is 0 Å². The van der Waals surface area contributed by atoms with E-state index in [4.69, 9.17) is 0 Å². The standard InChI is InChI=1S/C23H38O2/c1-3-5-7-8-9-10-11-15-19-23(25)21-17-13-12-16-20-22(24)18-14-6-4-2/h6,11-17,20-25H,3-5,7-10,18-19H2,1-2H3/b13-12+,14-6-,15-11-,20-16-,21-17+/t22-,23-/m1/s1. The third-order valence-electron chi connectivity index (χ3n) is 3.80. The SMILES string of the molecule is CC/C=C\C[C@@H](O)\C=C/C=C/C=C/[C@H](O)C/C=C\CCCCCCC. The Morgan fingerprint density at radius 3 is 1.76 bits per heavy atom. The van der Waals surface area contributed by atoms with Crippen molar-refractivity contribution in [1.82, 2.24) is 0 Å². The predicted octanol–water partition coefficient (Wildman–Crippen LogP) is 6.04. The molecule has 0 heterocycles. The van der Waals surface area contributed by atoms with Gasteiger partial charge in [0.2, 0.25) is 0 Å². The lowest BCUT2D eigenvalue weighted by molar-refractivity contribution is 0.226. The topological polar surface area (TPSA) is 40.5 Å². The van der Waals surface area contributed by atoms with Crippen LogP contribution >= 0.6 is 0 Å². The smallest absolute Gasteiger partial charge is 0.0758 e. The van der Waals surface area contributed by atoms with Gasteiger partial charge in [0.05, 0.1) is 12.2 Å². The Labute approximate surface area is 155 Å². The van der Waals surface area contributed by atoms with Crippen molar-refractivity contribution in [3.63, 3.8) is 0 Å². The van der Waals surface area contributed by atoms with E-state index in [9.17, 15) is 10.2 Å². The molecule has 2 heteroatoms. The van der Waals surface area contributed by atoms with Gasteiger partial charge in [-0.3, -0.25) is 0 Å². The summed E-state index contributed by atoms with van der Waals surface area (Å²) in [6.07, 6.45) is 28.3. The first-order chi connectivity index (χ1) is 12.2. The molecule has 0 fully saturated rings. The average molecular weight is 347 g/mol. The molecule has 0 aromatic heterocycles. The molecule has 0 bridgehead atoms. The van der Waals surface area contributed by atoms with Gasteiger partial charge in [-0.05, 0) is 32.1 Å². The van der Waals surface area contributed by atoms with E-state index in [0.29, 0.717) is 12.8 Å². The number of allylic oxidation sites excluding steroid dienone is 6. The molecule has 142 valence electrons. The summed E-state index contributed by atoms with van der Waals surface area (Å²) in [7, 11) is 0. The van der Waals surface area contributed by atoms with Gasteiger partial charge in [0.15, 0.2) is 0 Å². The van der Waals surface area contributed by atoms with E-state index in [1.165, 1.54) is 32.1 Å². The summed E-state index contributed by atoms with van der Waals surface area (Å²) in [6.45, 7) is 4.31. The van der Waals surface area contributed by atoms with Crippen molar-refractivity contribution in [2.24, 2.45) is 0 Å². The summed E-state index contributed by atoms with van der Waals surface area (Å²) >= 11 is 0. The second kappa shape index (κ2) is 19.0. The van der Waals surface area contributed by atoms with E-state index in [0.717, 1.165) is 12.8 Å². The minimum atomic E-state index is -0.436. The van der Waals surface area contributed by atoms with E-state index in [1.54, 1.807) is 12.2 Å². The molecule has 2 atom stereocenters. The minimum absolute atomic E-state index is 0.435. The van der Waals surface area contributed by atoms with Crippen LogP contribution in [0, 0.1) is 0 Å². The maximum absolute atomic E-state index is 9.85. The quantitative estimate of drug-likeness (QED) is 0.215. The van der Waals surface area contributed by atoms with Gasteiger partial charge in [0, 0.05) is 0 Å². The molecule has 0 spiro atoms. The van der Waals surface area contributed by atoms with E-state index in [2.05, 4.69) is 32.1 Å². The molecule has 0 aliphatic carbocycles. The van der Waals surface area contributed by atoms with Crippen molar-refractivity contribution < 1.29 is 10.2 Å². The van der Waals surface area contributed by atoms with Crippen molar-refractivity contribution in [3.8, 4) is 0 Å². The summed E-state index contributed by atoms with van der Waals surface area (Å²) in [4.78, 5) is 0. The monoisotopic (exact) mass is 346 g/mol. The highest BCUT2D eigenvalue weighted by atomic mass is 16.3. The van der Waals surface area contributed by atoms with Crippen LogP contribution in [-0.4, -0.2) is 22.4 Å². The summed E-state index contributed by atoms with van der Waals surface area (Å²) in [5.74, 6) is 0. The molecule has 2 N–H and O–H groups in total. The molecule has 0 aliphatic rings. The van der Waals surface area contributed by atoms with Crippen LogP contribution in [0.3, 0.4) is 0 Å². The molecule has 2 nitrogen and oxygen atoms in total. The van der Waals surface area contributed by atoms with Crippen molar-refractivity contribution >= 4 is 0 Å². The summed E-state index contributed by atoms with van der Waals surface area (Å²) in [5.41, 5.74) is 0. The van der Waals surface area contributed by atoms with Crippen LogP contribution < -0.4 is 0 Å². The maximum atomic E-state index is 9.85. The van der Waals surface area contributed by atoms with Crippen LogP contribution in [0.1, 0.15) is 71.6 Å². The fourth-order valence-corrected chi connectivity index (χ4v) is 2.29. The molecule has 25 heavy (non-hydrogen) atoms. The molecule has 0 saturated heterocycles. The number of hydrogen-bond donors (Lipinski definition) is 2. The number of aliphatic hydroxyl groups is 2. The van der Waals surface area contributed by atoms with Crippen molar-refractivity contribution in [2.45, 2.75) is 83.8 Å². The van der Waals surface area contributed by atoms with Crippen LogP contribution in [0.25, 0.3) is 0 Å². The number of hydrogen-bond acceptors (Lipinski definition) is 2. The third-order valence-corrected chi connectivity index (χ3v) is 3.80. The van der Waals surface area contributed by atoms with Crippen LogP contribution in [0.2, 0.25) is 0 Å². The van der Waals surface area contributed by atoms with Gasteiger partial charge in [-0.1, -0.05) is 100 Å². The zero-order valence-electron chi connectivity index (χ0n) is 16.2. The zero-order chi connectivity index (χ0) is 18.6. The van der Waals surface area contributed by atoms with Gasteiger partial charge < -0.3 is 10.2 Å².